The SMILES string of the molecule is Cc1ccnc(-c2ccc(C=O)cc2C)n1. The molecule has 0 spiro atoms. The normalized spacial score (nSPS) is 10.1. The Labute approximate surface area is 94.2 Å². The minimum atomic E-state index is 0.675. The summed E-state index contributed by atoms with van der Waals surface area (Å²) in [4.78, 5) is 19.2. The predicted molar refractivity (Wildman–Crippen MR) is 62.3 cm³/mol. The Morgan fingerprint density at radius 1 is 1.19 bits per heavy atom. The second-order valence-electron chi connectivity index (χ2n) is 3.71. The van der Waals surface area contributed by atoms with Crippen LogP contribution in [0.25, 0.3) is 11.4 Å². The van der Waals surface area contributed by atoms with Gasteiger partial charge >= 0.3 is 0 Å². The van der Waals surface area contributed by atoms with Crippen molar-refractivity contribution in [3.63, 3.8) is 0 Å². The Hall–Kier alpha value is -2.03. The van der Waals surface area contributed by atoms with E-state index >= 15 is 0 Å². The van der Waals surface area contributed by atoms with Crippen LogP contribution in [0, 0.1) is 13.8 Å². The fourth-order valence-corrected chi connectivity index (χ4v) is 1.59. The summed E-state index contributed by atoms with van der Waals surface area (Å²) < 4.78 is 0. The maximum atomic E-state index is 10.6. The van der Waals surface area contributed by atoms with E-state index in [0.717, 1.165) is 23.1 Å². The summed E-state index contributed by atoms with van der Waals surface area (Å²) in [6.07, 6.45) is 2.58. The van der Waals surface area contributed by atoms with Gasteiger partial charge in [0, 0.05) is 23.0 Å². The minimum Gasteiger partial charge on any atom is -0.298 e. The Kier molecular flexibility index (Phi) is 2.77. The van der Waals surface area contributed by atoms with Crippen molar-refractivity contribution in [3.05, 3.63) is 47.3 Å². The van der Waals surface area contributed by atoms with E-state index in [1.54, 1.807) is 12.3 Å². The average molecular weight is 212 g/mol. The largest absolute Gasteiger partial charge is 0.298 e. The Morgan fingerprint density at radius 2 is 2.00 bits per heavy atom. The Morgan fingerprint density at radius 3 is 2.62 bits per heavy atom. The summed E-state index contributed by atoms with van der Waals surface area (Å²) in [5.41, 5.74) is 3.59. The molecular weight excluding hydrogens is 200 g/mol. The number of hydrogen-bond acceptors (Lipinski definition) is 3. The van der Waals surface area contributed by atoms with Gasteiger partial charge in [0.2, 0.25) is 0 Å². The predicted octanol–water partition coefficient (Wildman–Crippen LogP) is 2.57. The summed E-state index contributed by atoms with van der Waals surface area (Å²) in [6.45, 7) is 3.88. The van der Waals surface area contributed by atoms with Crippen LogP contribution >= 0.6 is 0 Å². The molecule has 0 atom stereocenters. The zero-order valence-corrected chi connectivity index (χ0v) is 9.27. The molecule has 3 heteroatoms. The highest BCUT2D eigenvalue weighted by molar-refractivity contribution is 5.77. The van der Waals surface area contributed by atoms with Crippen LogP contribution in [0.4, 0.5) is 0 Å². The fourth-order valence-electron chi connectivity index (χ4n) is 1.59. The third kappa shape index (κ3) is 1.98. The van der Waals surface area contributed by atoms with Gasteiger partial charge in [-0.15, -0.1) is 0 Å². The van der Waals surface area contributed by atoms with Crippen LogP contribution in [-0.2, 0) is 0 Å². The highest BCUT2D eigenvalue weighted by Crippen LogP contribution is 2.20. The number of hydrogen-bond donors (Lipinski definition) is 0. The first-order chi connectivity index (χ1) is 7.70. The van der Waals surface area contributed by atoms with Crippen molar-refractivity contribution in [3.8, 4) is 11.4 Å². The van der Waals surface area contributed by atoms with Crippen molar-refractivity contribution in [2.24, 2.45) is 0 Å². The first-order valence-electron chi connectivity index (χ1n) is 5.06. The van der Waals surface area contributed by atoms with Crippen molar-refractivity contribution in [2.75, 3.05) is 0 Å². The van der Waals surface area contributed by atoms with E-state index in [0.29, 0.717) is 11.4 Å². The lowest BCUT2D eigenvalue weighted by Crippen LogP contribution is -1.93. The number of carbonyl (C=O) groups excluding carboxylic acids is 1. The van der Waals surface area contributed by atoms with E-state index in [4.69, 9.17) is 0 Å². The molecule has 80 valence electrons. The van der Waals surface area contributed by atoms with Crippen molar-refractivity contribution >= 4 is 6.29 Å². The number of benzene rings is 1. The minimum absolute atomic E-state index is 0.675. The number of aromatic nitrogens is 2. The number of aldehydes is 1. The summed E-state index contributed by atoms with van der Waals surface area (Å²) >= 11 is 0. The molecule has 0 radical (unpaired) electrons. The van der Waals surface area contributed by atoms with Crippen molar-refractivity contribution in [1.82, 2.24) is 9.97 Å². The molecule has 0 saturated carbocycles. The van der Waals surface area contributed by atoms with Gasteiger partial charge in [-0.05, 0) is 31.5 Å². The summed E-state index contributed by atoms with van der Waals surface area (Å²) in [6, 6.07) is 7.36. The van der Waals surface area contributed by atoms with E-state index in [9.17, 15) is 4.79 Å². The molecule has 0 aliphatic carbocycles. The van der Waals surface area contributed by atoms with Gasteiger partial charge in [0.25, 0.3) is 0 Å². The molecule has 0 aliphatic rings. The molecule has 1 aromatic carbocycles. The highest BCUT2D eigenvalue weighted by atomic mass is 16.1. The monoisotopic (exact) mass is 212 g/mol. The maximum Gasteiger partial charge on any atom is 0.159 e. The van der Waals surface area contributed by atoms with E-state index < -0.39 is 0 Å². The fraction of sp³-hybridized carbons (Fsp3) is 0.154. The van der Waals surface area contributed by atoms with E-state index in [1.807, 2.05) is 32.0 Å². The highest BCUT2D eigenvalue weighted by Gasteiger charge is 2.05. The lowest BCUT2D eigenvalue weighted by Gasteiger charge is -2.05. The molecule has 0 bridgehead atoms. The number of nitrogens with zero attached hydrogens (tertiary/aromatic N) is 2. The van der Waals surface area contributed by atoms with Crippen LogP contribution in [0.15, 0.2) is 30.5 Å². The zero-order valence-electron chi connectivity index (χ0n) is 9.27. The van der Waals surface area contributed by atoms with Gasteiger partial charge in [0.1, 0.15) is 6.29 Å². The zero-order chi connectivity index (χ0) is 11.5. The lowest BCUT2D eigenvalue weighted by atomic mass is 10.1. The van der Waals surface area contributed by atoms with Gasteiger partial charge < -0.3 is 0 Å². The standard InChI is InChI=1S/C13H12N2O/c1-9-7-11(8-16)3-4-12(9)13-14-6-5-10(2)15-13/h3-8H,1-2H3. The third-order valence-electron chi connectivity index (χ3n) is 2.42. The molecule has 0 fully saturated rings. The molecule has 0 unspecified atom stereocenters. The Balaban J connectivity index is 2.52. The lowest BCUT2D eigenvalue weighted by molar-refractivity contribution is 0.112. The van der Waals surface area contributed by atoms with Crippen molar-refractivity contribution in [1.29, 1.82) is 0 Å². The van der Waals surface area contributed by atoms with Gasteiger partial charge in [0.15, 0.2) is 5.82 Å². The quantitative estimate of drug-likeness (QED) is 0.718. The van der Waals surface area contributed by atoms with Crippen molar-refractivity contribution in [2.45, 2.75) is 13.8 Å². The molecule has 0 aliphatic heterocycles. The molecule has 0 amide bonds. The van der Waals surface area contributed by atoms with Crippen LogP contribution < -0.4 is 0 Å². The van der Waals surface area contributed by atoms with Crippen LogP contribution in [0.3, 0.4) is 0 Å². The number of carbonyl (C=O) groups is 1. The molecule has 0 N–H and O–H groups in total. The van der Waals surface area contributed by atoms with Crippen LogP contribution in [-0.4, -0.2) is 16.3 Å². The molecular formula is C13H12N2O. The molecule has 16 heavy (non-hydrogen) atoms. The first kappa shape index (κ1) is 10.5. The van der Waals surface area contributed by atoms with Gasteiger partial charge in [0.05, 0.1) is 0 Å². The third-order valence-corrected chi connectivity index (χ3v) is 2.42. The van der Waals surface area contributed by atoms with Crippen LogP contribution in [0.1, 0.15) is 21.6 Å². The topological polar surface area (TPSA) is 42.9 Å². The second-order valence-corrected chi connectivity index (χ2v) is 3.71. The molecule has 3 nitrogen and oxygen atoms in total. The van der Waals surface area contributed by atoms with E-state index in [2.05, 4.69) is 9.97 Å². The molecule has 1 aromatic heterocycles. The molecule has 1 heterocycles. The van der Waals surface area contributed by atoms with Gasteiger partial charge in [-0.25, -0.2) is 9.97 Å². The van der Waals surface area contributed by atoms with E-state index in [1.165, 1.54) is 0 Å². The smallest absolute Gasteiger partial charge is 0.159 e. The molecule has 0 saturated heterocycles. The van der Waals surface area contributed by atoms with E-state index in [-0.39, 0.29) is 0 Å². The maximum absolute atomic E-state index is 10.6. The summed E-state index contributed by atoms with van der Waals surface area (Å²) in [5.74, 6) is 0.704. The molecule has 2 aromatic rings. The van der Waals surface area contributed by atoms with Gasteiger partial charge in [-0.1, -0.05) is 12.1 Å². The van der Waals surface area contributed by atoms with Crippen LogP contribution in [0.5, 0.6) is 0 Å². The van der Waals surface area contributed by atoms with Gasteiger partial charge in [-0.2, -0.15) is 0 Å². The Bertz CT molecular complexity index is 535. The summed E-state index contributed by atoms with van der Waals surface area (Å²) in [7, 11) is 0. The van der Waals surface area contributed by atoms with Gasteiger partial charge in [-0.3, -0.25) is 4.79 Å². The van der Waals surface area contributed by atoms with Crippen LogP contribution in [0.2, 0.25) is 0 Å². The first-order valence-corrected chi connectivity index (χ1v) is 5.06. The number of aryl methyl sites for hydroxylation is 2. The van der Waals surface area contributed by atoms with Crippen molar-refractivity contribution < 1.29 is 4.79 Å². The second kappa shape index (κ2) is 4.23. The number of rotatable bonds is 2. The average Bonchev–Trinajstić information content (AvgIpc) is 2.28. The summed E-state index contributed by atoms with van der Waals surface area (Å²) in [5, 5.41) is 0. The molecule has 2 rings (SSSR count).